The van der Waals surface area contributed by atoms with Crippen molar-refractivity contribution in [1.82, 2.24) is 5.32 Å². The van der Waals surface area contributed by atoms with Gasteiger partial charge in [-0.2, -0.15) is 0 Å². The van der Waals surface area contributed by atoms with Crippen LogP contribution in [0.15, 0.2) is 47.1 Å². The van der Waals surface area contributed by atoms with Crippen LogP contribution in [0.1, 0.15) is 31.2 Å². The van der Waals surface area contributed by atoms with Gasteiger partial charge in [-0.3, -0.25) is 4.79 Å². The van der Waals surface area contributed by atoms with Gasteiger partial charge in [0.1, 0.15) is 5.58 Å². The number of benzene rings is 2. The number of carbonyl (C=O) groups is 1. The minimum atomic E-state index is 0.134. The molecule has 0 spiro atoms. The lowest BCUT2D eigenvalue weighted by atomic mass is 10.0. The average molecular weight is 319 g/mol. The summed E-state index contributed by atoms with van der Waals surface area (Å²) in [5, 5.41) is 6.73. The number of rotatable bonds is 5. The van der Waals surface area contributed by atoms with Crippen LogP contribution in [0.25, 0.3) is 21.7 Å². The van der Waals surface area contributed by atoms with Gasteiger partial charge in [-0.15, -0.1) is 0 Å². The fraction of sp³-hybridized carbons (Fsp3) is 0.381. The molecule has 0 aliphatic heterocycles. The van der Waals surface area contributed by atoms with Crippen molar-refractivity contribution >= 4 is 27.6 Å². The highest BCUT2D eigenvalue weighted by atomic mass is 16.3. The molecule has 0 bridgehead atoms. The molecule has 3 aromatic rings. The lowest BCUT2D eigenvalue weighted by molar-refractivity contribution is -0.121. The van der Waals surface area contributed by atoms with E-state index in [4.69, 9.17) is 4.42 Å². The second-order valence-corrected chi connectivity index (χ2v) is 7.37. The largest absolute Gasteiger partial charge is 0.464 e. The number of furan rings is 1. The SMILES string of the molecule is O=C(Cc1coc2ccc3ccccc3c12)NC(C1CC1)C1CC1. The Morgan fingerprint density at radius 1 is 1.08 bits per heavy atom. The summed E-state index contributed by atoms with van der Waals surface area (Å²) in [6, 6.07) is 12.8. The maximum absolute atomic E-state index is 12.6. The summed E-state index contributed by atoms with van der Waals surface area (Å²) in [6.45, 7) is 0. The average Bonchev–Trinajstić information content (AvgIpc) is 3.51. The molecule has 0 unspecified atom stereocenters. The van der Waals surface area contributed by atoms with Gasteiger partial charge in [-0.05, 0) is 54.4 Å². The highest BCUT2D eigenvalue weighted by Crippen LogP contribution is 2.44. The summed E-state index contributed by atoms with van der Waals surface area (Å²) in [5.74, 6) is 1.58. The van der Waals surface area contributed by atoms with E-state index in [0.717, 1.165) is 33.8 Å². The van der Waals surface area contributed by atoms with Crippen LogP contribution in [0.3, 0.4) is 0 Å². The molecule has 1 N–H and O–H groups in total. The standard InChI is InChI=1S/C21H21NO2/c23-19(22-21(14-5-6-14)15-7-8-15)11-16-12-24-18-10-9-13-3-1-2-4-17(13)20(16)18/h1-4,9-10,12,14-15,21H,5-8,11H2,(H,22,23). The molecular weight excluding hydrogens is 298 g/mol. The molecule has 122 valence electrons. The zero-order chi connectivity index (χ0) is 16.1. The van der Waals surface area contributed by atoms with Crippen molar-refractivity contribution in [2.45, 2.75) is 38.1 Å². The normalized spacial score (nSPS) is 17.7. The fourth-order valence-electron chi connectivity index (χ4n) is 3.95. The smallest absolute Gasteiger partial charge is 0.224 e. The predicted octanol–water partition coefficient (Wildman–Crippen LogP) is 4.43. The lowest BCUT2D eigenvalue weighted by Crippen LogP contribution is -2.38. The molecule has 1 aromatic heterocycles. The number of nitrogens with one attached hydrogen (secondary N) is 1. The van der Waals surface area contributed by atoms with Crippen molar-refractivity contribution in [3.8, 4) is 0 Å². The van der Waals surface area contributed by atoms with Crippen molar-refractivity contribution in [3.63, 3.8) is 0 Å². The molecule has 2 aromatic carbocycles. The minimum absolute atomic E-state index is 0.134. The van der Waals surface area contributed by atoms with Gasteiger partial charge in [0.05, 0.1) is 12.7 Å². The topological polar surface area (TPSA) is 42.2 Å². The van der Waals surface area contributed by atoms with Gasteiger partial charge in [-0.25, -0.2) is 0 Å². The van der Waals surface area contributed by atoms with Crippen molar-refractivity contribution in [1.29, 1.82) is 0 Å². The van der Waals surface area contributed by atoms with Crippen LogP contribution in [0.4, 0.5) is 0 Å². The van der Waals surface area contributed by atoms with E-state index in [9.17, 15) is 4.79 Å². The van der Waals surface area contributed by atoms with E-state index in [2.05, 4.69) is 23.5 Å². The first-order valence-corrected chi connectivity index (χ1v) is 8.97. The molecule has 5 rings (SSSR count). The molecule has 1 heterocycles. The first kappa shape index (κ1) is 14.1. The Balaban J connectivity index is 1.44. The van der Waals surface area contributed by atoms with E-state index in [1.54, 1.807) is 6.26 Å². The zero-order valence-electron chi connectivity index (χ0n) is 13.6. The van der Waals surface area contributed by atoms with Gasteiger partial charge in [-0.1, -0.05) is 30.3 Å². The minimum Gasteiger partial charge on any atom is -0.464 e. The van der Waals surface area contributed by atoms with Crippen molar-refractivity contribution in [3.05, 3.63) is 48.2 Å². The summed E-state index contributed by atoms with van der Waals surface area (Å²) in [4.78, 5) is 12.6. The maximum atomic E-state index is 12.6. The molecule has 1 amide bonds. The van der Waals surface area contributed by atoms with E-state index in [1.807, 2.05) is 18.2 Å². The number of fused-ring (bicyclic) bond motifs is 3. The van der Waals surface area contributed by atoms with E-state index in [0.29, 0.717) is 12.5 Å². The molecule has 2 aliphatic carbocycles. The zero-order valence-corrected chi connectivity index (χ0v) is 13.6. The Labute approximate surface area is 141 Å². The van der Waals surface area contributed by atoms with Crippen molar-refractivity contribution in [2.24, 2.45) is 11.8 Å². The summed E-state index contributed by atoms with van der Waals surface area (Å²) >= 11 is 0. The van der Waals surface area contributed by atoms with Crippen LogP contribution < -0.4 is 5.32 Å². The monoisotopic (exact) mass is 319 g/mol. The number of carbonyl (C=O) groups excluding carboxylic acids is 1. The summed E-state index contributed by atoms with van der Waals surface area (Å²) < 4.78 is 5.70. The Bertz CT molecular complexity index is 906. The van der Waals surface area contributed by atoms with Crippen LogP contribution in [0.5, 0.6) is 0 Å². The van der Waals surface area contributed by atoms with Gasteiger partial charge in [0.2, 0.25) is 5.91 Å². The Hall–Kier alpha value is -2.29. The maximum Gasteiger partial charge on any atom is 0.224 e. The van der Waals surface area contributed by atoms with Crippen molar-refractivity contribution < 1.29 is 9.21 Å². The van der Waals surface area contributed by atoms with Gasteiger partial charge in [0, 0.05) is 17.0 Å². The molecule has 2 saturated carbocycles. The molecule has 2 fully saturated rings. The van der Waals surface area contributed by atoms with Gasteiger partial charge >= 0.3 is 0 Å². The number of hydrogen-bond donors (Lipinski definition) is 1. The van der Waals surface area contributed by atoms with Crippen LogP contribution >= 0.6 is 0 Å². The number of amides is 1. The van der Waals surface area contributed by atoms with Crippen LogP contribution in [0, 0.1) is 11.8 Å². The quantitative estimate of drug-likeness (QED) is 0.756. The Kier molecular flexibility index (Phi) is 3.15. The highest BCUT2D eigenvalue weighted by molar-refractivity contribution is 6.08. The fourth-order valence-corrected chi connectivity index (χ4v) is 3.95. The second-order valence-electron chi connectivity index (χ2n) is 7.37. The van der Waals surface area contributed by atoms with Crippen LogP contribution in [-0.4, -0.2) is 11.9 Å². The molecule has 3 nitrogen and oxygen atoms in total. The van der Waals surface area contributed by atoms with E-state index in [-0.39, 0.29) is 5.91 Å². The van der Waals surface area contributed by atoms with E-state index in [1.165, 1.54) is 31.1 Å². The van der Waals surface area contributed by atoms with Gasteiger partial charge in [0.15, 0.2) is 0 Å². The molecule has 2 aliphatic rings. The van der Waals surface area contributed by atoms with E-state index >= 15 is 0 Å². The molecule has 0 saturated heterocycles. The number of hydrogen-bond acceptors (Lipinski definition) is 2. The third kappa shape index (κ3) is 2.48. The van der Waals surface area contributed by atoms with Crippen LogP contribution in [-0.2, 0) is 11.2 Å². The first-order valence-electron chi connectivity index (χ1n) is 8.97. The summed E-state index contributed by atoms with van der Waals surface area (Å²) in [6.07, 6.45) is 7.26. The Morgan fingerprint density at radius 3 is 2.58 bits per heavy atom. The molecule has 0 atom stereocenters. The van der Waals surface area contributed by atoms with Gasteiger partial charge < -0.3 is 9.73 Å². The van der Waals surface area contributed by atoms with Gasteiger partial charge in [0.25, 0.3) is 0 Å². The van der Waals surface area contributed by atoms with Crippen molar-refractivity contribution in [2.75, 3.05) is 0 Å². The summed E-state index contributed by atoms with van der Waals surface area (Å²) in [7, 11) is 0. The third-order valence-electron chi connectivity index (χ3n) is 5.48. The molecular formula is C21H21NO2. The molecule has 24 heavy (non-hydrogen) atoms. The van der Waals surface area contributed by atoms with E-state index < -0.39 is 0 Å². The Morgan fingerprint density at radius 2 is 1.83 bits per heavy atom. The molecule has 3 heteroatoms. The highest BCUT2D eigenvalue weighted by Gasteiger charge is 2.42. The first-order chi connectivity index (χ1) is 11.8. The third-order valence-corrected chi connectivity index (χ3v) is 5.48. The van der Waals surface area contributed by atoms with Crippen LogP contribution in [0.2, 0.25) is 0 Å². The lowest BCUT2D eigenvalue weighted by Gasteiger charge is -2.17. The predicted molar refractivity (Wildman–Crippen MR) is 94.8 cm³/mol. The second kappa shape index (κ2) is 5.37. The summed E-state index contributed by atoms with van der Waals surface area (Å²) in [5.41, 5.74) is 1.85. The molecule has 0 radical (unpaired) electrons.